The minimum atomic E-state index is -0.141. The number of hydrogen-bond acceptors (Lipinski definition) is 3. The Morgan fingerprint density at radius 2 is 1.40 bits per heavy atom. The molecule has 0 unspecified atom stereocenters. The average molecular weight is 403 g/mol. The van der Waals surface area contributed by atoms with Crippen LogP contribution in [0.4, 0.5) is 5.69 Å². The topological polar surface area (TPSA) is 57.0 Å². The first kappa shape index (κ1) is 20.0. The Hall–Kier alpha value is -3.31. The van der Waals surface area contributed by atoms with Crippen molar-refractivity contribution in [2.75, 3.05) is 37.6 Å². The highest BCUT2D eigenvalue weighted by Crippen LogP contribution is 2.21. The van der Waals surface area contributed by atoms with Gasteiger partial charge >= 0.3 is 0 Å². The van der Waals surface area contributed by atoms with Crippen LogP contribution in [0.5, 0.6) is 5.75 Å². The molecule has 1 saturated heterocycles. The number of carbonyl (C=O) groups excluding carboxylic acids is 1. The number of piperazine rings is 1. The van der Waals surface area contributed by atoms with Crippen molar-refractivity contribution in [1.82, 2.24) is 5.32 Å². The Morgan fingerprint density at radius 1 is 0.867 bits per heavy atom. The van der Waals surface area contributed by atoms with E-state index in [9.17, 15) is 9.90 Å². The molecule has 0 aliphatic carbocycles. The fraction of sp³-hybridized carbons (Fsp3) is 0.240. The normalized spacial score (nSPS) is 14.6. The van der Waals surface area contributed by atoms with Crippen molar-refractivity contribution in [3.8, 4) is 5.75 Å². The van der Waals surface area contributed by atoms with Gasteiger partial charge in [-0.15, -0.1) is 0 Å². The lowest BCUT2D eigenvalue weighted by atomic mass is 9.99. The standard InChI is InChI=1S/C25H27N3O2/c29-23-13-11-22(12-14-23)28-17-15-27(16-18-28)19-24(30)26-25(20-7-3-1-4-8-20)21-9-5-2-6-10-21/h1-14,25,29H,15-19H2,(H,26,30)/p+1. The van der Waals surface area contributed by atoms with Crippen molar-refractivity contribution in [1.29, 1.82) is 0 Å². The van der Waals surface area contributed by atoms with E-state index in [0.717, 1.165) is 43.0 Å². The molecule has 0 atom stereocenters. The Morgan fingerprint density at radius 3 is 1.93 bits per heavy atom. The van der Waals surface area contributed by atoms with Crippen molar-refractivity contribution in [2.45, 2.75) is 6.04 Å². The first-order chi connectivity index (χ1) is 14.7. The quantitative estimate of drug-likeness (QED) is 0.591. The molecule has 5 nitrogen and oxygen atoms in total. The highest BCUT2D eigenvalue weighted by molar-refractivity contribution is 5.78. The number of aromatic hydroxyl groups is 1. The molecule has 1 aliphatic heterocycles. The van der Waals surface area contributed by atoms with E-state index in [-0.39, 0.29) is 17.7 Å². The molecule has 0 aromatic heterocycles. The molecule has 1 fully saturated rings. The summed E-state index contributed by atoms with van der Waals surface area (Å²) in [6.45, 7) is 4.09. The molecule has 0 bridgehead atoms. The maximum atomic E-state index is 12.9. The molecule has 1 heterocycles. The largest absolute Gasteiger partial charge is 0.508 e. The number of carbonyl (C=O) groups is 1. The third-order valence-corrected chi connectivity index (χ3v) is 5.67. The summed E-state index contributed by atoms with van der Waals surface area (Å²) in [4.78, 5) is 16.5. The van der Waals surface area contributed by atoms with Gasteiger partial charge in [0.05, 0.1) is 32.2 Å². The lowest BCUT2D eigenvalue weighted by molar-refractivity contribution is -0.892. The van der Waals surface area contributed by atoms with Crippen LogP contribution in [-0.4, -0.2) is 43.7 Å². The van der Waals surface area contributed by atoms with Gasteiger partial charge in [0.15, 0.2) is 6.54 Å². The predicted molar refractivity (Wildman–Crippen MR) is 119 cm³/mol. The zero-order valence-electron chi connectivity index (χ0n) is 17.0. The second-order valence-electron chi connectivity index (χ2n) is 7.75. The SMILES string of the molecule is O=C(C[NH+]1CCN(c2ccc(O)cc2)CC1)NC(c1ccccc1)c1ccccc1. The number of nitrogens with one attached hydrogen (secondary N) is 2. The molecule has 0 saturated carbocycles. The van der Waals surface area contributed by atoms with E-state index in [1.807, 2.05) is 48.5 Å². The third kappa shape index (κ3) is 4.99. The number of quaternary nitrogens is 1. The summed E-state index contributed by atoms with van der Waals surface area (Å²) in [5.41, 5.74) is 3.29. The molecule has 30 heavy (non-hydrogen) atoms. The van der Waals surface area contributed by atoms with Gasteiger partial charge in [-0.25, -0.2) is 0 Å². The molecule has 3 aromatic carbocycles. The minimum absolute atomic E-state index is 0.0702. The smallest absolute Gasteiger partial charge is 0.275 e. The highest BCUT2D eigenvalue weighted by Gasteiger charge is 2.24. The molecule has 0 spiro atoms. The maximum Gasteiger partial charge on any atom is 0.275 e. The number of benzene rings is 3. The molecule has 1 aliphatic rings. The van der Waals surface area contributed by atoms with E-state index in [0.29, 0.717) is 6.54 Å². The molecular formula is C25H28N3O2+. The summed E-state index contributed by atoms with van der Waals surface area (Å²) >= 11 is 0. The second kappa shape index (κ2) is 9.46. The predicted octanol–water partition coefficient (Wildman–Crippen LogP) is 2.00. The summed E-state index contributed by atoms with van der Waals surface area (Å²) < 4.78 is 0. The van der Waals surface area contributed by atoms with Gasteiger partial charge in [0, 0.05) is 5.69 Å². The monoisotopic (exact) mass is 402 g/mol. The van der Waals surface area contributed by atoms with Crippen LogP contribution >= 0.6 is 0 Å². The fourth-order valence-electron chi connectivity index (χ4n) is 4.01. The number of amides is 1. The molecule has 154 valence electrons. The first-order valence-electron chi connectivity index (χ1n) is 10.5. The number of rotatable bonds is 6. The highest BCUT2D eigenvalue weighted by atomic mass is 16.3. The van der Waals surface area contributed by atoms with Crippen LogP contribution in [0.1, 0.15) is 17.2 Å². The maximum absolute atomic E-state index is 12.9. The number of nitrogens with zero attached hydrogens (tertiary/aromatic N) is 1. The number of phenols is 1. The van der Waals surface area contributed by atoms with Crippen molar-refractivity contribution >= 4 is 11.6 Å². The van der Waals surface area contributed by atoms with Crippen molar-refractivity contribution in [3.05, 3.63) is 96.1 Å². The molecule has 1 amide bonds. The Labute approximate surface area is 177 Å². The molecule has 0 radical (unpaired) electrons. The first-order valence-corrected chi connectivity index (χ1v) is 10.5. The van der Waals surface area contributed by atoms with E-state index >= 15 is 0 Å². The third-order valence-electron chi connectivity index (χ3n) is 5.67. The zero-order chi connectivity index (χ0) is 20.8. The summed E-state index contributed by atoms with van der Waals surface area (Å²) in [6.07, 6.45) is 0. The van der Waals surface area contributed by atoms with Gasteiger partial charge in [-0.2, -0.15) is 0 Å². The number of hydrogen-bond donors (Lipinski definition) is 3. The van der Waals surface area contributed by atoms with E-state index < -0.39 is 0 Å². The lowest BCUT2D eigenvalue weighted by Gasteiger charge is -2.33. The summed E-state index contributed by atoms with van der Waals surface area (Å²) in [5.74, 6) is 0.354. The van der Waals surface area contributed by atoms with Gasteiger partial charge in [0.25, 0.3) is 5.91 Å². The van der Waals surface area contributed by atoms with Crippen LogP contribution < -0.4 is 15.1 Å². The second-order valence-corrected chi connectivity index (χ2v) is 7.75. The van der Waals surface area contributed by atoms with Gasteiger partial charge in [0.2, 0.25) is 0 Å². The number of anilines is 1. The van der Waals surface area contributed by atoms with E-state index in [1.54, 1.807) is 12.1 Å². The van der Waals surface area contributed by atoms with Crippen LogP contribution in [0.25, 0.3) is 0 Å². The van der Waals surface area contributed by atoms with Crippen LogP contribution in [0, 0.1) is 0 Å². The Bertz CT molecular complexity index is 898. The summed E-state index contributed by atoms with van der Waals surface area (Å²) in [7, 11) is 0. The zero-order valence-corrected chi connectivity index (χ0v) is 17.0. The fourth-order valence-corrected chi connectivity index (χ4v) is 4.01. The van der Waals surface area contributed by atoms with Crippen molar-refractivity contribution in [3.63, 3.8) is 0 Å². The van der Waals surface area contributed by atoms with Gasteiger partial charge in [-0.05, 0) is 35.4 Å². The summed E-state index contributed by atoms with van der Waals surface area (Å²) in [6, 6.07) is 27.4. The average Bonchev–Trinajstić information content (AvgIpc) is 2.80. The Balaban J connectivity index is 1.36. The van der Waals surface area contributed by atoms with E-state index in [2.05, 4.69) is 34.5 Å². The van der Waals surface area contributed by atoms with E-state index in [1.165, 1.54) is 4.90 Å². The molecular weight excluding hydrogens is 374 g/mol. The Kier molecular flexibility index (Phi) is 6.30. The van der Waals surface area contributed by atoms with Crippen molar-refractivity contribution < 1.29 is 14.8 Å². The minimum Gasteiger partial charge on any atom is -0.508 e. The van der Waals surface area contributed by atoms with Gasteiger partial charge in [-0.3, -0.25) is 4.79 Å². The summed E-state index contributed by atoms with van der Waals surface area (Å²) in [5, 5.41) is 12.7. The van der Waals surface area contributed by atoms with Crippen LogP contribution in [-0.2, 0) is 4.79 Å². The van der Waals surface area contributed by atoms with Gasteiger partial charge < -0.3 is 20.2 Å². The molecule has 3 aromatic rings. The lowest BCUT2D eigenvalue weighted by Crippen LogP contribution is -3.16. The van der Waals surface area contributed by atoms with Crippen LogP contribution in [0.15, 0.2) is 84.9 Å². The van der Waals surface area contributed by atoms with Gasteiger partial charge in [-0.1, -0.05) is 60.7 Å². The molecule has 5 heteroatoms. The molecule has 4 rings (SSSR count). The van der Waals surface area contributed by atoms with E-state index in [4.69, 9.17) is 0 Å². The van der Waals surface area contributed by atoms with Crippen LogP contribution in [0.2, 0.25) is 0 Å². The van der Waals surface area contributed by atoms with Crippen LogP contribution in [0.3, 0.4) is 0 Å². The van der Waals surface area contributed by atoms with Crippen molar-refractivity contribution in [2.24, 2.45) is 0 Å². The van der Waals surface area contributed by atoms with Gasteiger partial charge in [0.1, 0.15) is 5.75 Å². The number of phenolic OH excluding ortho intramolecular Hbond substituents is 1. The molecule has 3 N–H and O–H groups in total.